The molecule has 0 bridgehead atoms. The molecule has 9 nitrogen and oxygen atoms in total. The lowest BCUT2D eigenvalue weighted by Crippen LogP contribution is -2.51. The summed E-state index contributed by atoms with van der Waals surface area (Å²) in [6.45, 7) is 0.908. The summed E-state index contributed by atoms with van der Waals surface area (Å²) in [6.07, 6.45) is 2.13. The second kappa shape index (κ2) is 10.6. The van der Waals surface area contributed by atoms with Crippen LogP contribution in [-0.4, -0.2) is 56.1 Å². The second-order valence-corrected chi connectivity index (χ2v) is 10.1. The summed E-state index contributed by atoms with van der Waals surface area (Å²) in [4.78, 5) is 36.4. The monoisotopic (exact) mass is 472 g/mol. The van der Waals surface area contributed by atoms with Gasteiger partial charge in [0.15, 0.2) is 0 Å². The largest absolute Gasteiger partial charge is 0.352 e. The zero-order valence-corrected chi connectivity index (χ0v) is 19.4. The molecule has 3 rings (SSSR count). The molecule has 1 atom stereocenters. The molecule has 1 saturated carbocycles. The highest BCUT2D eigenvalue weighted by atomic mass is 32.2. The Morgan fingerprint density at radius 3 is 2.24 bits per heavy atom. The van der Waals surface area contributed by atoms with Crippen LogP contribution in [0.4, 0.5) is 5.69 Å². The molecule has 3 N–H and O–H groups in total. The van der Waals surface area contributed by atoms with E-state index < -0.39 is 28.5 Å². The lowest BCUT2D eigenvalue weighted by atomic mass is 10.1. The molecule has 1 fully saturated rings. The Balaban J connectivity index is 1.65. The highest BCUT2D eigenvalue weighted by molar-refractivity contribution is 7.89. The third-order valence-electron chi connectivity index (χ3n) is 5.11. The van der Waals surface area contributed by atoms with Crippen molar-refractivity contribution in [3.8, 4) is 0 Å². The summed E-state index contributed by atoms with van der Waals surface area (Å²) in [5.74, 6) is -1.13. The Kier molecular flexibility index (Phi) is 7.83. The van der Waals surface area contributed by atoms with Gasteiger partial charge < -0.3 is 16.0 Å². The molecule has 3 amide bonds. The van der Waals surface area contributed by atoms with Crippen molar-refractivity contribution < 1.29 is 22.8 Å². The van der Waals surface area contributed by atoms with Crippen LogP contribution in [0.1, 0.15) is 25.3 Å². The first kappa shape index (κ1) is 24.4. The van der Waals surface area contributed by atoms with Gasteiger partial charge >= 0.3 is 0 Å². The number of nitrogens with zero attached hydrogens (tertiary/aromatic N) is 1. The molecule has 0 heterocycles. The van der Waals surface area contributed by atoms with Crippen molar-refractivity contribution in [3.63, 3.8) is 0 Å². The van der Waals surface area contributed by atoms with Gasteiger partial charge in [-0.1, -0.05) is 30.3 Å². The Bertz CT molecular complexity index is 1100. The number of hydrogen-bond donors (Lipinski definition) is 3. The highest BCUT2D eigenvalue weighted by Crippen LogP contribution is 2.19. The normalized spacial score (nSPS) is 14.4. The van der Waals surface area contributed by atoms with E-state index in [9.17, 15) is 22.8 Å². The molecule has 0 radical (unpaired) electrons. The third-order valence-corrected chi connectivity index (χ3v) is 6.92. The van der Waals surface area contributed by atoms with Crippen LogP contribution < -0.4 is 16.0 Å². The number of amides is 3. The summed E-state index contributed by atoms with van der Waals surface area (Å²) in [6, 6.07) is 14.3. The number of likely N-dealkylation sites (N-methyl/N-ethyl adjacent to an activating group) is 1. The zero-order chi connectivity index (χ0) is 24.0. The molecular weight excluding hydrogens is 444 g/mol. The molecule has 33 heavy (non-hydrogen) atoms. The molecule has 10 heteroatoms. The summed E-state index contributed by atoms with van der Waals surface area (Å²) < 4.78 is 26.6. The summed E-state index contributed by atoms with van der Waals surface area (Å²) >= 11 is 0. The van der Waals surface area contributed by atoms with Crippen molar-refractivity contribution in [1.82, 2.24) is 14.9 Å². The minimum atomic E-state index is -3.94. The topological polar surface area (TPSA) is 125 Å². The van der Waals surface area contributed by atoms with E-state index in [1.54, 1.807) is 0 Å². The van der Waals surface area contributed by atoms with Crippen molar-refractivity contribution in [2.24, 2.45) is 0 Å². The average molecular weight is 473 g/mol. The van der Waals surface area contributed by atoms with E-state index in [1.165, 1.54) is 38.2 Å². The first-order valence-corrected chi connectivity index (χ1v) is 12.1. The first-order valence-electron chi connectivity index (χ1n) is 10.6. The summed E-state index contributed by atoms with van der Waals surface area (Å²) in [7, 11) is -2.65. The quantitative estimate of drug-likeness (QED) is 0.480. The van der Waals surface area contributed by atoms with Gasteiger partial charge in [-0.2, -0.15) is 4.31 Å². The number of carbonyl (C=O) groups excluding carboxylic acids is 3. The fourth-order valence-corrected chi connectivity index (χ4v) is 4.34. The molecular formula is C23H28N4O5S. The van der Waals surface area contributed by atoms with E-state index >= 15 is 0 Å². The first-order chi connectivity index (χ1) is 15.6. The van der Waals surface area contributed by atoms with Gasteiger partial charge in [0.2, 0.25) is 27.7 Å². The van der Waals surface area contributed by atoms with Crippen LogP contribution in [0.15, 0.2) is 59.5 Å². The van der Waals surface area contributed by atoms with Crippen LogP contribution >= 0.6 is 0 Å². The van der Waals surface area contributed by atoms with Crippen molar-refractivity contribution in [1.29, 1.82) is 0 Å². The molecule has 0 aliphatic heterocycles. The Morgan fingerprint density at radius 1 is 1.03 bits per heavy atom. The fraction of sp³-hybridized carbons (Fsp3) is 0.348. The number of carbonyl (C=O) groups is 3. The van der Waals surface area contributed by atoms with Crippen molar-refractivity contribution in [2.45, 2.75) is 43.2 Å². The third kappa shape index (κ3) is 7.13. The SMILES string of the molecule is CC(=O)Nc1ccc(S(=O)(=O)N(C)CC(=O)NC(Cc2ccccc2)C(=O)NC2CC2)cc1. The maximum Gasteiger partial charge on any atom is 0.243 e. The lowest BCUT2D eigenvalue weighted by molar-refractivity contribution is -0.129. The van der Waals surface area contributed by atoms with E-state index in [1.807, 2.05) is 30.3 Å². The van der Waals surface area contributed by atoms with Gasteiger partial charge in [0, 0.05) is 32.1 Å². The molecule has 0 aromatic heterocycles. The second-order valence-electron chi connectivity index (χ2n) is 8.06. The number of sulfonamides is 1. The zero-order valence-electron chi connectivity index (χ0n) is 18.6. The van der Waals surface area contributed by atoms with E-state index in [0.29, 0.717) is 12.1 Å². The van der Waals surface area contributed by atoms with Crippen LogP contribution in [0.5, 0.6) is 0 Å². The van der Waals surface area contributed by atoms with E-state index in [4.69, 9.17) is 0 Å². The van der Waals surface area contributed by atoms with Crippen LogP contribution in [0.3, 0.4) is 0 Å². The number of hydrogen-bond acceptors (Lipinski definition) is 5. The van der Waals surface area contributed by atoms with Gasteiger partial charge in [-0.3, -0.25) is 14.4 Å². The molecule has 176 valence electrons. The average Bonchev–Trinajstić information content (AvgIpc) is 3.58. The van der Waals surface area contributed by atoms with Gasteiger partial charge in [0.25, 0.3) is 0 Å². The van der Waals surface area contributed by atoms with E-state index in [-0.39, 0.29) is 22.8 Å². The minimum Gasteiger partial charge on any atom is -0.352 e. The predicted molar refractivity (Wildman–Crippen MR) is 124 cm³/mol. The Morgan fingerprint density at radius 2 is 1.67 bits per heavy atom. The molecule has 2 aromatic carbocycles. The Labute approximate surface area is 193 Å². The van der Waals surface area contributed by atoms with Gasteiger partial charge in [-0.05, 0) is 42.7 Å². The van der Waals surface area contributed by atoms with Crippen molar-refractivity contribution >= 4 is 33.4 Å². The van der Waals surface area contributed by atoms with E-state index in [2.05, 4.69) is 16.0 Å². The number of rotatable bonds is 10. The fourth-order valence-electron chi connectivity index (χ4n) is 3.21. The standard InChI is InChI=1S/C23H28N4O5S/c1-16(28)24-18-10-12-20(13-11-18)33(31,32)27(2)15-22(29)26-21(23(30)25-19-8-9-19)14-17-6-4-3-5-7-17/h3-7,10-13,19,21H,8-9,14-15H2,1-2H3,(H,24,28)(H,25,30)(H,26,29). The molecule has 2 aromatic rings. The van der Waals surface area contributed by atoms with Gasteiger partial charge in [0.05, 0.1) is 11.4 Å². The van der Waals surface area contributed by atoms with Crippen LogP contribution in [-0.2, 0) is 30.8 Å². The molecule has 1 aliphatic carbocycles. The molecule has 0 saturated heterocycles. The van der Waals surface area contributed by atoms with E-state index in [0.717, 1.165) is 22.7 Å². The van der Waals surface area contributed by atoms with Gasteiger partial charge in [-0.15, -0.1) is 0 Å². The minimum absolute atomic E-state index is 0.0146. The molecule has 1 aliphatic rings. The van der Waals surface area contributed by atoms with Gasteiger partial charge in [-0.25, -0.2) is 8.42 Å². The van der Waals surface area contributed by atoms with Crippen molar-refractivity contribution in [2.75, 3.05) is 18.9 Å². The maximum atomic E-state index is 12.8. The predicted octanol–water partition coefficient (Wildman–Crippen LogP) is 1.27. The Hall–Kier alpha value is -3.24. The number of nitrogens with one attached hydrogen (secondary N) is 3. The molecule has 0 spiro atoms. The van der Waals surface area contributed by atoms with Crippen molar-refractivity contribution in [3.05, 3.63) is 60.2 Å². The van der Waals surface area contributed by atoms with Crippen LogP contribution in [0, 0.1) is 0 Å². The smallest absolute Gasteiger partial charge is 0.243 e. The number of anilines is 1. The summed E-state index contributed by atoms with van der Waals surface area (Å²) in [5, 5.41) is 8.14. The highest BCUT2D eigenvalue weighted by Gasteiger charge is 2.30. The number of benzene rings is 2. The van der Waals surface area contributed by atoms with Crippen LogP contribution in [0.2, 0.25) is 0 Å². The van der Waals surface area contributed by atoms with Gasteiger partial charge in [0.1, 0.15) is 6.04 Å². The summed E-state index contributed by atoms with van der Waals surface area (Å²) in [5.41, 5.74) is 1.35. The molecule has 1 unspecified atom stereocenters. The lowest BCUT2D eigenvalue weighted by Gasteiger charge is -2.21. The van der Waals surface area contributed by atoms with Crippen LogP contribution in [0.25, 0.3) is 0 Å². The maximum absolute atomic E-state index is 12.8.